The fourth-order valence-electron chi connectivity index (χ4n) is 2.57. The first-order valence-corrected chi connectivity index (χ1v) is 6.66. The van der Waals surface area contributed by atoms with Gasteiger partial charge in [0.05, 0.1) is 5.60 Å². The zero-order valence-corrected chi connectivity index (χ0v) is 11.3. The van der Waals surface area contributed by atoms with E-state index in [1.54, 1.807) is 0 Å². The van der Waals surface area contributed by atoms with E-state index >= 15 is 0 Å². The van der Waals surface area contributed by atoms with Crippen LogP contribution in [0.1, 0.15) is 40.5 Å². The van der Waals surface area contributed by atoms with Gasteiger partial charge in [0.15, 0.2) is 0 Å². The predicted octanol–water partition coefficient (Wildman–Crippen LogP) is 1.47. The van der Waals surface area contributed by atoms with Gasteiger partial charge in [0.25, 0.3) is 0 Å². The summed E-state index contributed by atoms with van der Waals surface area (Å²) in [6.07, 6.45) is 1.79. The Morgan fingerprint density at radius 1 is 1.25 bits per heavy atom. The van der Waals surface area contributed by atoms with Gasteiger partial charge >= 0.3 is 0 Å². The van der Waals surface area contributed by atoms with Gasteiger partial charge in [-0.1, -0.05) is 20.8 Å². The molecule has 16 heavy (non-hydrogen) atoms. The van der Waals surface area contributed by atoms with E-state index in [2.05, 4.69) is 37.9 Å². The number of piperidine rings is 1. The summed E-state index contributed by atoms with van der Waals surface area (Å²) in [6.45, 7) is 12.8. The first-order valence-electron chi connectivity index (χ1n) is 6.66. The molecular weight excluding hydrogens is 200 g/mol. The predicted molar refractivity (Wildman–Crippen MR) is 68.6 cm³/mol. The van der Waals surface area contributed by atoms with E-state index in [-0.39, 0.29) is 6.04 Å². The fourth-order valence-corrected chi connectivity index (χ4v) is 2.57. The van der Waals surface area contributed by atoms with Crippen LogP contribution in [0.5, 0.6) is 0 Å². The molecule has 1 heterocycles. The van der Waals surface area contributed by atoms with Gasteiger partial charge < -0.3 is 15.3 Å². The second-order valence-electron chi connectivity index (χ2n) is 5.58. The van der Waals surface area contributed by atoms with Gasteiger partial charge in [-0.05, 0) is 32.2 Å². The van der Waals surface area contributed by atoms with Crippen molar-refractivity contribution >= 4 is 0 Å². The first-order chi connectivity index (χ1) is 7.48. The number of nitrogens with one attached hydrogen (secondary N) is 1. The molecular formula is C13H28N2O. The minimum Gasteiger partial charge on any atom is -0.388 e. The lowest BCUT2D eigenvalue weighted by Gasteiger charge is -2.42. The van der Waals surface area contributed by atoms with Crippen LogP contribution < -0.4 is 5.32 Å². The van der Waals surface area contributed by atoms with E-state index < -0.39 is 5.60 Å². The van der Waals surface area contributed by atoms with Crippen molar-refractivity contribution in [2.75, 3.05) is 26.2 Å². The summed E-state index contributed by atoms with van der Waals surface area (Å²) in [6, 6.07) is 0.207. The van der Waals surface area contributed by atoms with Crippen molar-refractivity contribution in [3.05, 3.63) is 0 Å². The third kappa shape index (κ3) is 3.72. The SMILES string of the molecule is CCNC(C)C1(O)CCN(CC(C)C)CC1. The highest BCUT2D eigenvalue weighted by Gasteiger charge is 2.36. The Labute approximate surface area is 100 Å². The lowest BCUT2D eigenvalue weighted by atomic mass is 9.85. The van der Waals surface area contributed by atoms with E-state index in [4.69, 9.17) is 0 Å². The number of aliphatic hydroxyl groups is 1. The van der Waals surface area contributed by atoms with Crippen molar-refractivity contribution in [2.45, 2.75) is 52.2 Å². The van der Waals surface area contributed by atoms with Crippen LogP contribution in [-0.2, 0) is 0 Å². The molecule has 0 aromatic heterocycles. The van der Waals surface area contributed by atoms with Crippen molar-refractivity contribution in [1.82, 2.24) is 10.2 Å². The van der Waals surface area contributed by atoms with Gasteiger partial charge in [-0.15, -0.1) is 0 Å². The van der Waals surface area contributed by atoms with Crippen LogP contribution in [-0.4, -0.2) is 47.8 Å². The van der Waals surface area contributed by atoms with Gasteiger partial charge in [-0.3, -0.25) is 0 Å². The molecule has 1 fully saturated rings. The molecule has 0 aliphatic carbocycles. The molecule has 0 aromatic rings. The van der Waals surface area contributed by atoms with Crippen LogP contribution in [0.3, 0.4) is 0 Å². The molecule has 1 aliphatic heterocycles. The van der Waals surface area contributed by atoms with Crippen molar-refractivity contribution in [3.8, 4) is 0 Å². The molecule has 0 aromatic carbocycles. The second kappa shape index (κ2) is 5.99. The molecule has 1 aliphatic rings. The Kier molecular flexibility index (Phi) is 5.22. The lowest BCUT2D eigenvalue weighted by Crippen LogP contribution is -2.55. The van der Waals surface area contributed by atoms with Gasteiger partial charge in [0.2, 0.25) is 0 Å². The van der Waals surface area contributed by atoms with Crippen molar-refractivity contribution in [1.29, 1.82) is 0 Å². The molecule has 1 unspecified atom stereocenters. The van der Waals surface area contributed by atoms with Crippen LogP contribution in [0.25, 0.3) is 0 Å². The number of likely N-dealkylation sites (tertiary alicyclic amines) is 1. The summed E-state index contributed by atoms with van der Waals surface area (Å²) >= 11 is 0. The third-order valence-electron chi connectivity index (χ3n) is 3.66. The van der Waals surface area contributed by atoms with Crippen LogP contribution in [0.15, 0.2) is 0 Å². The summed E-state index contributed by atoms with van der Waals surface area (Å²) in [4.78, 5) is 2.47. The Morgan fingerprint density at radius 3 is 2.25 bits per heavy atom. The van der Waals surface area contributed by atoms with Gasteiger partial charge in [-0.2, -0.15) is 0 Å². The standard InChI is InChI=1S/C13H28N2O/c1-5-14-12(4)13(16)6-8-15(9-7-13)10-11(2)3/h11-12,14,16H,5-10H2,1-4H3. The van der Waals surface area contributed by atoms with E-state index in [1.807, 2.05) is 0 Å². The molecule has 0 bridgehead atoms. The second-order valence-corrected chi connectivity index (χ2v) is 5.58. The number of likely N-dealkylation sites (N-methyl/N-ethyl adjacent to an activating group) is 1. The summed E-state index contributed by atoms with van der Waals surface area (Å²) in [5.74, 6) is 0.720. The quantitative estimate of drug-likeness (QED) is 0.748. The van der Waals surface area contributed by atoms with E-state index in [9.17, 15) is 5.11 Å². The summed E-state index contributed by atoms with van der Waals surface area (Å²) in [5.41, 5.74) is -0.497. The van der Waals surface area contributed by atoms with Crippen LogP contribution >= 0.6 is 0 Å². The van der Waals surface area contributed by atoms with Gasteiger partial charge in [0, 0.05) is 25.7 Å². The lowest BCUT2D eigenvalue weighted by molar-refractivity contribution is -0.0468. The highest BCUT2D eigenvalue weighted by molar-refractivity contribution is 4.93. The topological polar surface area (TPSA) is 35.5 Å². The van der Waals surface area contributed by atoms with Crippen LogP contribution in [0.2, 0.25) is 0 Å². The molecule has 96 valence electrons. The Hall–Kier alpha value is -0.120. The molecule has 0 saturated carbocycles. The van der Waals surface area contributed by atoms with Gasteiger partial charge in [0.1, 0.15) is 0 Å². The van der Waals surface area contributed by atoms with Crippen LogP contribution in [0.4, 0.5) is 0 Å². The van der Waals surface area contributed by atoms with Crippen molar-refractivity contribution in [3.63, 3.8) is 0 Å². The Balaban J connectivity index is 2.40. The smallest absolute Gasteiger partial charge is 0.0821 e. The largest absolute Gasteiger partial charge is 0.388 e. The minimum absolute atomic E-state index is 0.207. The zero-order chi connectivity index (χ0) is 12.2. The molecule has 0 radical (unpaired) electrons. The molecule has 1 atom stereocenters. The number of hydrogen-bond acceptors (Lipinski definition) is 3. The Morgan fingerprint density at radius 2 is 1.81 bits per heavy atom. The first kappa shape index (κ1) is 13.9. The number of hydrogen-bond donors (Lipinski definition) is 2. The maximum atomic E-state index is 10.5. The minimum atomic E-state index is -0.497. The summed E-state index contributed by atoms with van der Waals surface area (Å²) in [5, 5.41) is 13.9. The summed E-state index contributed by atoms with van der Waals surface area (Å²) in [7, 11) is 0. The number of rotatable bonds is 5. The van der Waals surface area contributed by atoms with Crippen LogP contribution in [0, 0.1) is 5.92 Å². The molecule has 3 heteroatoms. The van der Waals surface area contributed by atoms with Gasteiger partial charge in [-0.25, -0.2) is 0 Å². The molecule has 2 N–H and O–H groups in total. The van der Waals surface area contributed by atoms with E-state index in [1.165, 1.54) is 0 Å². The highest BCUT2D eigenvalue weighted by atomic mass is 16.3. The average molecular weight is 228 g/mol. The normalized spacial score (nSPS) is 23.6. The maximum absolute atomic E-state index is 10.5. The van der Waals surface area contributed by atoms with Crippen molar-refractivity contribution in [2.24, 2.45) is 5.92 Å². The molecule has 0 amide bonds. The highest BCUT2D eigenvalue weighted by Crippen LogP contribution is 2.26. The monoisotopic (exact) mass is 228 g/mol. The third-order valence-corrected chi connectivity index (χ3v) is 3.66. The molecule has 1 saturated heterocycles. The fraction of sp³-hybridized carbons (Fsp3) is 1.00. The zero-order valence-electron chi connectivity index (χ0n) is 11.3. The molecule has 3 nitrogen and oxygen atoms in total. The Bertz CT molecular complexity index is 198. The average Bonchev–Trinajstić information content (AvgIpc) is 2.21. The van der Waals surface area contributed by atoms with Crippen molar-refractivity contribution < 1.29 is 5.11 Å². The number of nitrogens with zero attached hydrogens (tertiary/aromatic N) is 1. The molecule has 1 rings (SSSR count). The van der Waals surface area contributed by atoms with E-state index in [0.717, 1.165) is 44.9 Å². The summed E-state index contributed by atoms with van der Waals surface area (Å²) < 4.78 is 0. The van der Waals surface area contributed by atoms with E-state index in [0.29, 0.717) is 0 Å². The molecule has 0 spiro atoms. The maximum Gasteiger partial charge on any atom is 0.0821 e.